The summed E-state index contributed by atoms with van der Waals surface area (Å²) < 4.78 is 17.4. The molecule has 1 amide bonds. The Kier molecular flexibility index (Phi) is 39.5. The van der Waals surface area contributed by atoms with Gasteiger partial charge in [0.05, 0.1) is 25.4 Å². The van der Waals surface area contributed by atoms with E-state index in [1.165, 1.54) is 38.5 Å². The largest absolute Gasteiger partial charge is 0.454 e. The molecule has 0 radical (unpaired) electrons. The molecule has 0 aromatic heterocycles. The van der Waals surface area contributed by atoms with Crippen molar-refractivity contribution in [3.8, 4) is 0 Å². The number of allylic oxidation sites excluding steroid dienone is 19. The van der Waals surface area contributed by atoms with Gasteiger partial charge in [0.1, 0.15) is 24.4 Å². The number of aliphatic hydroxyl groups is 5. The maximum Gasteiger partial charge on any atom is 0.306 e. The molecule has 0 bridgehead atoms. The molecule has 8 atom stereocenters. The highest BCUT2D eigenvalue weighted by atomic mass is 16.7. The van der Waals surface area contributed by atoms with Crippen LogP contribution in [0.2, 0.25) is 0 Å². The smallest absolute Gasteiger partial charge is 0.306 e. The Hall–Kier alpha value is -3.94. The third kappa shape index (κ3) is 32.4. The summed E-state index contributed by atoms with van der Waals surface area (Å²) in [5.41, 5.74) is 0. The molecule has 67 heavy (non-hydrogen) atoms. The van der Waals surface area contributed by atoms with Crippen LogP contribution in [0.25, 0.3) is 0 Å². The first-order valence-corrected chi connectivity index (χ1v) is 25.4. The van der Waals surface area contributed by atoms with Gasteiger partial charge in [0, 0.05) is 6.42 Å². The maximum atomic E-state index is 13.3. The number of esters is 1. The van der Waals surface area contributed by atoms with Gasteiger partial charge in [0.25, 0.3) is 0 Å². The number of amides is 1. The molecule has 0 aromatic carbocycles. The van der Waals surface area contributed by atoms with E-state index < -0.39 is 67.4 Å². The highest BCUT2D eigenvalue weighted by Crippen LogP contribution is 2.26. The van der Waals surface area contributed by atoms with E-state index in [2.05, 4.69) is 44.3 Å². The van der Waals surface area contributed by atoms with Crippen LogP contribution in [-0.2, 0) is 23.8 Å². The van der Waals surface area contributed by atoms with Gasteiger partial charge in [-0.05, 0) is 57.8 Å². The van der Waals surface area contributed by atoms with Crippen molar-refractivity contribution in [1.82, 2.24) is 5.32 Å². The first-order valence-electron chi connectivity index (χ1n) is 25.4. The Labute approximate surface area is 404 Å². The second-order valence-electron chi connectivity index (χ2n) is 17.0. The molecule has 378 valence electrons. The topological polar surface area (TPSA) is 175 Å². The van der Waals surface area contributed by atoms with Crippen LogP contribution in [0.3, 0.4) is 0 Å². The van der Waals surface area contributed by atoms with Crippen molar-refractivity contribution in [3.05, 3.63) is 122 Å². The first kappa shape index (κ1) is 61.1. The Bertz CT molecular complexity index is 1540. The molecule has 11 heteroatoms. The predicted octanol–water partition coefficient (Wildman–Crippen LogP) is 10.4. The third-order valence-electron chi connectivity index (χ3n) is 11.1. The van der Waals surface area contributed by atoms with Crippen molar-refractivity contribution in [2.45, 2.75) is 205 Å². The molecule has 11 nitrogen and oxygen atoms in total. The first-order chi connectivity index (χ1) is 32.7. The number of aliphatic hydroxyl groups excluding tert-OH is 5. The van der Waals surface area contributed by atoms with Crippen molar-refractivity contribution >= 4 is 11.9 Å². The molecule has 0 spiro atoms. The maximum absolute atomic E-state index is 13.3. The van der Waals surface area contributed by atoms with Crippen LogP contribution in [0.15, 0.2) is 122 Å². The van der Waals surface area contributed by atoms with Crippen LogP contribution in [0, 0.1) is 0 Å². The predicted molar refractivity (Wildman–Crippen MR) is 273 cm³/mol. The highest BCUT2D eigenvalue weighted by molar-refractivity contribution is 5.80. The van der Waals surface area contributed by atoms with Crippen LogP contribution >= 0.6 is 0 Å². The summed E-state index contributed by atoms with van der Waals surface area (Å²) in [5.74, 6) is -1.31. The number of nitrogens with one attached hydrogen (secondary N) is 1. The van der Waals surface area contributed by atoms with Gasteiger partial charge >= 0.3 is 5.97 Å². The van der Waals surface area contributed by atoms with E-state index in [1.54, 1.807) is 6.08 Å². The summed E-state index contributed by atoms with van der Waals surface area (Å²) in [6.45, 7) is 5.38. The van der Waals surface area contributed by atoms with Gasteiger partial charge in [-0.25, -0.2) is 0 Å². The molecule has 0 saturated carbocycles. The third-order valence-corrected chi connectivity index (χ3v) is 11.1. The zero-order chi connectivity index (χ0) is 49.0. The van der Waals surface area contributed by atoms with Gasteiger partial charge in [-0.1, -0.05) is 213 Å². The minimum absolute atomic E-state index is 0.0167. The zero-order valence-corrected chi connectivity index (χ0v) is 41.2. The van der Waals surface area contributed by atoms with E-state index in [0.717, 1.165) is 64.2 Å². The van der Waals surface area contributed by atoms with E-state index in [1.807, 2.05) is 97.2 Å². The number of carbonyl (C=O) groups is 2. The fourth-order valence-electron chi connectivity index (χ4n) is 7.04. The van der Waals surface area contributed by atoms with E-state index in [9.17, 15) is 35.1 Å². The van der Waals surface area contributed by atoms with E-state index in [-0.39, 0.29) is 19.4 Å². The van der Waals surface area contributed by atoms with Gasteiger partial charge in [-0.3, -0.25) is 9.59 Å². The van der Waals surface area contributed by atoms with Crippen molar-refractivity contribution in [2.24, 2.45) is 0 Å². The molecule has 1 fully saturated rings. The number of ether oxygens (including phenoxy) is 3. The van der Waals surface area contributed by atoms with Crippen LogP contribution in [0.1, 0.15) is 156 Å². The molecule has 8 unspecified atom stereocenters. The minimum Gasteiger partial charge on any atom is -0.454 e. The van der Waals surface area contributed by atoms with Crippen molar-refractivity contribution < 1.29 is 49.3 Å². The van der Waals surface area contributed by atoms with E-state index >= 15 is 0 Å². The summed E-state index contributed by atoms with van der Waals surface area (Å²) in [7, 11) is 0. The lowest BCUT2D eigenvalue weighted by Crippen LogP contribution is -2.61. The average Bonchev–Trinajstić information content (AvgIpc) is 3.32. The summed E-state index contributed by atoms with van der Waals surface area (Å²) in [4.78, 5) is 26.3. The molecule has 1 aliphatic heterocycles. The molecule has 6 N–H and O–H groups in total. The summed E-state index contributed by atoms with van der Waals surface area (Å²) >= 11 is 0. The SMILES string of the molecule is CC/C=C/C=C/C=C\C=C/C=C/CCCC(=O)OC1C(OCC(NC(=O)C(O)CCCCCC\C=C/C=C/C=C/C=C/CC)C(O)/C=C/CCCCCCCCCCC)OC(CO)C(O)C1O. The van der Waals surface area contributed by atoms with Gasteiger partial charge in [0.2, 0.25) is 5.91 Å². The molecule has 0 aliphatic carbocycles. The quantitative estimate of drug-likeness (QED) is 0.0151. The Morgan fingerprint density at radius 3 is 1.61 bits per heavy atom. The van der Waals surface area contributed by atoms with Crippen LogP contribution in [-0.4, -0.2) is 99.6 Å². The minimum atomic E-state index is -1.65. The Morgan fingerprint density at radius 1 is 0.597 bits per heavy atom. The summed E-state index contributed by atoms with van der Waals surface area (Å²) in [6.07, 6.45) is 48.3. The molecule has 1 aliphatic rings. The fourth-order valence-corrected chi connectivity index (χ4v) is 7.04. The summed E-state index contributed by atoms with van der Waals surface area (Å²) in [6, 6.07) is -1.06. The van der Waals surface area contributed by atoms with Crippen LogP contribution in [0.5, 0.6) is 0 Å². The Balaban J connectivity index is 2.87. The molecular weight excluding hydrogens is 847 g/mol. The normalized spacial score (nSPS) is 21.1. The van der Waals surface area contributed by atoms with Gasteiger partial charge in [-0.15, -0.1) is 0 Å². The molecular formula is C56H89NO10. The van der Waals surface area contributed by atoms with E-state index in [4.69, 9.17) is 14.2 Å². The van der Waals surface area contributed by atoms with Crippen LogP contribution < -0.4 is 5.32 Å². The molecule has 1 saturated heterocycles. The number of carbonyl (C=O) groups excluding carboxylic acids is 2. The van der Waals surface area contributed by atoms with Gasteiger partial charge < -0.3 is 45.1 Å². The van der Waals surface area contributed by atoms with Gasteiger partial charge in [-0.2, -0.15) is 0 Å². The second kappa shape index (κ2) is 43.3. The lowest BCUT2D eigenvalue weighted by Gasteiger charge is -2.41. The second-order valence-corrected chi connectivity index (χ2v) is 17.0. The van der Waals surface area contributed by atoms with Crippen molar-refractivity contribution in [1.29, 1.82) is 0 Å². The van der Waals surface area contributed by atoms with E-state index in [0.29, 0.717) is 19.3 Å². The molecule has 0 aromatic rings. The lowest BCUT2D eigenvalue weighted by atomic mass is 9.99. The highest BCUT2D eigenvalue weighted by Gasteiger charge is 2.47. The number of hydrogen-bond donors (Lipinski definition) is 6. The number of rotatable bonds is 39. The monoisotopic (exact) mass is 936 g/mol. The zero-order valence-electron chi connectivity index (χ0n) is 41.2. The standard InChI is InChI=1S/C56H89NO10/c1-4-7-10-13-16-19-22-24-26-28-31-34-37-40-43-49(60)55(64)57-47(48(59)42-39-36-33-30-27-21-18-15-12-9-6-3)46-65-56-54(53(63)52(62)50(45-58)66-56)67-51(61)44-41-38-35-32-29-25-23-20-17-14-11-8-5-2/h7-8,10-11,13-14,16-17,19-20,22-26,29,32,35,39,42,47-50,52-54,56,58-60,62-63H,4-6,9,12,15,18,21,27-28,30-31,33-34,36-38,40-41,43-46H2,1-3H3,(H,57,64)/b10-7+,11-8+,16-13+,17-14+,22-19+,23-20-,26-24-,29-25-,35-32+,42-39+. The average molecular weight is 936 g/mol. The van der Waals surface area contributed by atoms with Crippen molar-refractivity contribution in [3.63, 3.8) is 0 Å². The molecule has 1 heterocycles. The fraction of sp³-hybridized carbons (Fsp3) is 0.607. The lowest BCUT2D eigenvalue weighted by molar-refractivity contribution is -0.305. The Morgan fingerprint density at radius 2 is 1.07 bits per heavy atom. The van der Waals surface area contributed by atoms with Crippen LogP contribution in [0.4, 0.5) is 0 Å². The summed E-state index contributed by atoms with van der Waals surface area (Å²) in [5, 5.41) is 56.5. The number of hydrogen-bond acceptors (Lipinski definition) is 10. The van der Waals surface area contributed by atoms with Crippen molar-refractivity contribution in [2.75, 3.05) is 13.2 Å². The number of unbranched alkanes of at least 4 members (excludes halogenated alkanes) is 14. The van der Waals surface area contributed by atoms with Gasteiger partial charge in [0.15, 0.2) is 12.4 Å². The molecule has 1 rings (SSSR count).